The van der Waals surface area contributed by atoms with Crippen LogP contribution >= 0.6 is 11.8 Å². The minimum atomic E-state index is -0.282. The number of nitriles is 3. The third-order valence-electron chi connectivity index (χ3n) is 3.04. The van der Waals surface area contributed by atoms with Gasteiger partial charge in [-0.25, -0.2) is 4.39 Å². The Hall–Kier alpha value is -3.27. The van der Waals surface area contributed by atoms with Gasteiger partial charge < -0.3 is 5.32 Å². The van der Waals surface area contributed by atoms with Crippen LogP contribution < -0.4 is 5.32 Å². The summed E-state index contributed by atoms with van der Waals surface area (Å²) in [4.78, 5) is 0.852. The van der Waals surface area contributed by atoms with Crippen LogP contribution in [0.3, 0.4) is 0 Å². The summed E-state index contributed by atoms with van der Waals surface area (Å²) in [5.74, 6) is 0.337. The van der Waals surface area contributed by atoms with Crippen molar-refractivity contribution in [3.05, 3.63) is 71.2 Å². The van der Waals surface area contributed by atoms with Crippen molar-refractivity contribution >= 4 is 17.4 Å². The van der Waals surface area contributed by atoms with Crippen molar-refractivity contribution in [1.29, 1.82) is 15.8 Å². The summed E-state index contributed by atoms with van der Waals surface area (Å²) in [6.45, 7) is 0. The SMILES string of the molecule is N#CC(C#N)=C(C#N)Nc1ccccc1SCc1ccc(F)cc1. The molecule has 0 spiro atoms. The first-order valence-electron chi connectivity index (χ1n) is 6.85. The van der Waals surface area contributed by atoms with Gasteiger partial charge in [0.05, 0.1) is 5.69 Å². The summed E-state index contributed by atoms with van der Waals surface area (Å²) in [5.41, 5.74) is 1.23. The van der Waals surface area contributed by atoms with E-state index in [4.69, 9.17) is 15.8 Å². The van der Waals surface area contributed by atoms with E-state index < -0.39 is 0 Å². The van der Waals surface area contributed by atoms with E-state index in [1.165, 1.54) is 23.9 Å². The maximum atomic E-state index is 12.9. The van der Waals surface area contributed by atoms with Crippen LogP contribution in [0.1, 0.15) is 5.56 Å². The summed E-state index contributed by atoms with van der Waals surface area (Å²) < 4.78 is 12.9. The lowest BCUT2D eigenvalue weighted by Gasteiger charge is -2.11. The highest BCUT2D eigenvalue weighted by Crippen LogP contribution is 2.30. The molecule has 0 fully saturated rings. The van der Waals surface area contributed by atoms with Crippen LogP contribution in [0.25, 0.3) is 0 Å². The molecule has 2 aromatic carbocycles. The predicted octanol–water partition coefficient (Wildman–Crippen LogP) is 4.35. The van der Waals surface area contributed by atoms with Crippen LogP contribution in [0.4, 0.5) is 10.1 Å². The zero-order chi connectivity index (χ0) is 17.4. The van der Waals surface area contributed by atoms with Crippen molar-refractivity contribution in [2.75, 3.05) is 5.32 Å². The number of nitrogens with zero attached hydrogens (tertiary/aromatic N) is 3. The summed E-state index contributed by atoms with van der Waals surface area (Å²) in [6, 6.07) is 18.7. The van der Waals surface area contributed by atoms with E-state index in [2.05, 4.69) is 5.32 Å². The summed E-state index contributed by atoms with van der Waals surface area (Å²) in [6.07, 6.45) is 0. The molecule has 0 amide bonds. The van der Waals surface area contributed by atoms with Gasteiger partial charge >= 0.3 is 0 Å². The van der Waals surface area contributed by atoms with E-state index in [1.54, 1.807) is 36.4 Å². The Balaban J connectivity index is 2.20. The van der Waals surface area contributed by atoms with Crippen molar-refractivity contribution in [3.8, 4) is 18.2 Å². The average molecular weight is 334 g/mol. The van der Waals surface area contributed by atoms with E-state index in [9.17, 15) is 4.39 Å². The highest BCUT2D eigenvalue weighted by atomic mass is 32.2. The van der Waals surface area contributed by atoms with Crippen molar-refractivity contribution in [3.63, 3.8) is 0 Å². The number of thioether (sulfide) groups is 1. The molecule has 24 heavy (non-hydrogen) atoms. The van der Waals surface area contributed by atoms with E-state index in [1.807, 2.05) is 18.2 Å². The Kier molecular flexibility index (Phi) is 5.97. The quantitative estimate of drug-likeness (QED) is 0.649. The molecule has 2 rings (SSSR count). The number of halogens is 1. The molecule has 0 aliphatic heterocycles. The smallest absolute Gasteiger partial charge is 0.163 e. The predicted molar refractivity (Wildman–Crippen MR) is 89.9 cm³/mol. The molecule has 6 heteroatoms. The fourth-order valence-corrected chi connectivity index (χ4v) is 2.82. The standard InChI is InChI=1S/C18H11FN4S/c19-15-7-5-13(6-8-15)12-24-18-4-2-1-3-16(18)23-17(11-22)14(9-20)10-21/h1-8,23H,12H2. The lowest BCUT2D eigenvalue weighted by Crippen LogP contribution is -2.01. The van der Waals surface area contributed by atoms with E-state index in [-0.39, 0.29) is 17.1 Å². The first-order chi connectivity index (χ1) is 11.7. The number of nitrogens with one attached hydrogen (secondary N) is 1. The maximum absolute atomic E-state index is 12.9. The lowest BCUT2D eigenvalue weighted by molar-refractivity contribution is 0.627. The second-order valence-corrected chi connectivity index (χ2v) is 5.64. The van der Waals surface area contributed by atoms with Crippen LogP contribution in [-0.4, -0.2) is 0 Å². The van der Waals surface area contributed by atoms with Gasteiger partial charge in [-0.1, -0.05) is 24.3 Å². The average Bonchev–Trinajstić information content (AvgIpc) is 2.62. The molecular formula is C18H11FN4S. The van der Waals surface area contributed by atoms with Crippen molar-refractivity contribution in [2.45, 2.75) is 10.6 Å². The minimum Gasteiger partial charge on any atom is -0.344 e. The van der Waals surface area contributed by atoms with Gasteiger partial charge in [0.2, 0.25) is 0 Å². The molecule has 0 heterocycles. The summed E-state index contributed by atoms with van der Waals surface area (Å²) in [5, 5.41) is 29.8. The van der Waals surface area contributed by atoms with Gasteiger partial charge in [-0.15, -0.1) is 11.8 Å². The first-order valence-corrected chi connectivity index (χ1v) is 7.84. The monoisotopic (exact) mass is 334 g/mol. The van der Waals surface area contributed by atoms with Gasteiger partial charge in [0, 0.05) is 10.6 Å². The van der Waals surface area contributed by atoms with Crippen molar-refractivity contribution < 1.29 is 4.39 Å². The number of allylic oxidation sites excluding steroid dienone is 2. The van der Waals surface area contributed by atoms with Crippen LogP contribution in [0.15, 0.2) is 64.7 Å². The molecule has 0 atom stereocenters. The molecule has 4 nitrogen and oxygen atoms in total. The second-order valence-electron chi connectivity index (χ2n) is 4.62. The molecule has 0 saturated carbocycles. The summed E-state index contributed by atoms with van der Waals surface area (Å²) in [7, 11) is 0. The number of hydrogen-bond acceptors (Lipinski definition) is 5. The van der Waals surface area contributed by atoms with Crippen LogP contribution in [0.5, 0.6) is 0 Å². The van der Waals surface area contributed by atoms with Crippen LogP contribution in [-0.2, 0) is 5.75 Å². The molecule has 1 N–H and O–H groups in total. The normalized spacial score (nSPS) is 9.25. The van der Waals surface area contributed by atoms with Gasteiger partial charge in [0.15, 0.2) is 5.57 Å². The molecular weight excluding hydrogens is 323 g/mol. The van der Waals surface area contributed by atoms with Crippen molar-refractivity contribution in [2.24, 2.45) is 0 Å². The van der Waals surface area contributed by atoms with E-state index >= 15 is 0 Å². The van der Waals surface area contributed by atoms with Crippen molar-refractivity contribution in [1.82, 2.24) is 0 Å². The zero-order valence-electron chi connectivity index (χ0n) is 12.5. The Morgan fingerprint density at radius 2 is 1.62 bits per heavy atom. The Bertz CT molecular complexity index is 867. The molecule has 0 unspecified atom stereocenters. The molecule has 0 bridgehead atoms. The van der Waals surface area contributed by atoms with Crippen LogP contribution in [0.2, 0.25) is 0 Å². The molecule has 116 valence electrons. The first kappa shape index (κ1) is 17.1. The second kappa shape index (κ2) is 8.39. The fraction of sp³-hybridized carbons (Fsp3) is 0.0556. The third kappa shape index (κ3) is 4.36. The molecule has 0 aliphatic carbocycles. The molecule has 2 aromatic rings. The van der Waals surface area contributed by atoms with E-state index in [0.29, 0.717) is 11.4 Å². The maximum Gasteiger partial charge on any atom is 0.163 e. The number of anilines is 1. The minimum absolute atomic E-state index is 0.0881. The Morgan fingerprint density at radius 3 is 2.25 bits per heavy atom. The zero-order valence-corrected chi connectivity index (χ0v) is 13.3. The third-order valence-corrected chi connectivity index (χ3v) is 4.18. The number of para-hydroxylation sites is 1. The van der Waals surface area contributed by atoms with E-state index in [0.717, 1.165) is 10.5 Å². The molecule has 0 aromatic heterocycles. The highest BCUT2D eigenvalue weighted by Gasteiger charge is 2.09. The fourth-order valence-electron chi connectivity index (χ4n) is 1.86. The van der Waals surface area contributed by atoms with Gasteiger partial charge in [-0.05, 0) is 29.8 Å². The van der Waals surface area contributed by atoms with Gasteiger partial charge in [-0.3, -0.25) is 0 Å². The lowest BCUT2D eigenvalue weighted by atomic mass is 10.2. The van der Waals surface area contributed by atoms with Gasteiger partial charge in [-0.2, -0.15) is 15.8 Å². The Labute approximate surface area is 143 Å². The number of rotatable bonds is 5. The number of hydrogen-bond donors (Lipinski definition) is 1. The molecule has 0 radical (unpaired) electrons. The topological polar surface area (TPSA) is 83.4 Å². The molecule has 0 saturated heterocycles. The Morgan fingerprint density at radius 1 is 0.958 bits per heavy atom. The molecule has 0 aliphatic rings. The number of benzene rings is 2. The van der Waals surface area contributed by atoms with Gasteiger partial charge in [0.25, 0.3) is 0 Å². The largest absolute Gasteiger partial charge is 0.344 e. The van der Waals surface area contributed by atoms with Gasteiger partial charge in [0.1, 0.15) is 29.7 Å². The highest BCUT2D eigenvalue weighted by molar-refractivity contribution is 7.98. The summed E-state index contributed by atoms with van der Waals surface area (Å²) >= 11 is 1.50. The van der Waals surface area contributed by atoms with Crippen LogP contribution in [0, 0.1) is 39.8 Å².